The van der Waals surface area contributed by atoms with Crippen LogP contribution in [0, 0.1) is 0 Å². The standard InChI is InChI=1S/C12H15ClN2OS/c1-17-6-5-10(15-14)11-7-8-3-2-4-9(13)12(8)16-11/h2-4,7,10,15H,5-6,14H2,1H3. The summed E-state index contributed by atoms with van der Waals surface area (Å²) < 4.78 is 5.77. The second-order valence-corrected chi connectivity index (χ2v) is 5.20. The van der Waals surface area contributed by atoms with Gasteiger partial charge in [-0.15, -0.1) is 0 Å². The van der Waals surface area contributed by atoms with E-state index in [0.29, 0.717) is 5.02 Å². The Kier molecular flexibility index (Phi) is 4.34. The Labute approximate surface area is 110 Å². The third-order valence-corrected chi connectivity index (χ3v) is 3.61. The molecular formula is C12H15ClN2OS. The van der Waals surface area contributed by atoms with Crippen LogP contribution in [0.1, 0.15) is 18.2 Å². The van der Waals surface area contributed by atoms with Gasteiger partial charge >= 0.3 is 0 Å². The van der Waals surface area contributed by atoms with E-state index in [2.05, 4.69) is 11.7 Å². The minimum absolute atomic E-state index is 0.0333. The normalized spacial score (nSPS) is 13.1. The molecule has 0 aliphatic rings. The molecule has 1 heterocycles. The highest BCUT2D eigenvalue weighted by Crippen LogP contribution is 2.30. The molecule has 0 amide bonds. The third-order valence-electron chi connectivity index (χ3n) is 2.67. The number of nitrogens with two attached hydrogens (primary N) is 1. The molecule has 0 saturated heterocycles. The Bertz CT molecular complexity index is 500. The molecule has 1 unspecified atom stereocenters. The number of furan rings is 1. The van der Waals surface area contributed by atoms with Gasteiger partial charge in [0.25, 0.3) is 0 Å². The molecule has 1 aromatic heterocycles. The van der Waals surface area contributed by atoms with Gasteiger partial charge in [0.2, 0.25) is 0 Å². The summed E-state index contributed by atoms with van der Waals surface area (Å²) in [5.74, 6) is 7.42. The molecule has 0 radical (unpaired) electrons. The summed E-state index contributed by atoms with van der Waals surface area (Å²) >= 11 is 7.86. The Morgan fingerprint density at radius 1 is 1.53 bits per heavy atom. The van der Waals surface area contributed by atoms with Crippen LogP contribution in [0.15, 0.2) is 28.7 Å². The number of hydrogen-bond acceptors (Lipinski definition) is 4. The fraction of sp³-hybridized carbons (Fsp3) is 0.333. The average molecular weight is 271 g/mol. The number of fused-ring (bicyclic) bond motifs is 1. The van der Waals surface area contributed by atoms with Gasteiger partial charge < -0.3 is 4.42 Å². The van der Waals surface area contributed by atoms with Crippen LogP contribution >= 0.6 is 23.4 Å². The molecule has 92 valence electrons. The van der Waals surface area contributed by atoms with Crippen LogP contribution in [0.25, 0.3) is 11.0 Å². The Morgan fingerprint density at radius 2 is 2.35 bits per heavy atom. The fourth-order valence-electron chi connectivity index (χ4n) is 1.76. The Morgan fingerprint density at radius 3 is 3.00 bits per heavy atom. The maximum Gasteiger partial charge on any atom is 0.152 e. The van der Waals surface area contributed by atoms with Crippen molar-refractivity contribution in [3.63, 3.8) is 0 Å². The maximum atomic E-state index is 6.07. The van der Waals surface area contributed by atoms with Gasteiger partial charge in [-0.3, -0.25) is 5.84 Å². The first-order valence-electron chi connectivity index (χ1n) is 5.39. The summed E-state index contributed by atoms with van der Waals surface area (Å²) in [7, 11) is 0. The topological polar surface area (TPSA) is 51.2 Å². The van der Waals surface area contributed by atoms with Crippen molar-refractivity contribution in [3.8, 4) is 0 Å². The first kappa shape index (κ1) is 12.8. The van der Waals surface area contributed by atoms with Crippen molar-refractivity contribution in [2.24, 2.45) is 5.84 Å². The smallest absolute Gasteiger partial charge is 0.152 e. The molecule has 0 aliphatic carbocycles. The maximum absolute atomic E-state index is 6.07. The first-order valence-corrected chi connectivity index (χ1v) is 7.16. The molecule has 3 N–H and O–H groups in total. The highest BCUT2D eigenvalue weighted by molar-refractivity contribution is 7.98. The van der Waals surface area contributed by atoms with Crippen LogP contribution in [0.4, 0.5) is 0 Å². The minimum Gasteiger partial charge on any atom is -0.458 e. The van der Waals surface area contributed by atoms with Gasteiger partial charge in [-0.25, -0.2) is 5.43 Å². The van der Waals surface area contributed by atoms with E-state index in [-0.39, 0.29) is 6.04 Å². The lowest BCUT2D eigenvalue weighted by Gasteiger charge is -2.11. The van der Waals surface area contributed by atoms with E-state index in [1.54, 1.807) is 11.8 Å². The zero-order valence-electron chi connectivity index (χ0n) is 9.57. The fourth-order valence-corrected chi connectivity index (χ4v) is 2.45. The van der Waals surface area contributed by atoms with Gasteiger partial charge in [0.15, 0.2) is 5.58 Å². The Hall–Kier alpha value is -0.680. The van der Waals surface area contributed by atoms with Crippen LogP contribution in [0.3, 0.4) is 0 Å². The van der Waals surface area contributed by atoms with Crippen LogP contribution in [0.5, 0.6) is 0 Å². The van der Waals surface area contributed by atoms with Gasteiger partial charge in [0, 0.05) is 5.39 Å². The number of hydrogen-bond donors (Lipinski definition) is 2. The zero-order chi connectivity index (χ0) is 12.3. The number of para-hydroxylation sites is 1. The van der Waals surface area contributed by atoms with E-state index in [4.69, 9.17) is 21.9 Å². The predicted octanol–water partition coefficient (Wildman–Crippen LogP) is 3.34. The average Bonchev–Trinajstić information content (AvgIpc) is 2.75. The molecule has 1 atom stereocenters. The number of nitrogens with one attached hydrogen (secondary N) is 1. The van der Waals surface area contributed by atoms with Crippen LogP contribution < -0.4 is 11.3 Å². The summed E-state index contributed by atoms with van der Waals surface area (Å²) in [5.41, 5.74) is 3.51. The summed E-state index contributed by atoms with van der Waals surface area (Å²) in [6.07, 6.45) is 3.00. The van der Waals surface area contributed by atoms with E-state index in [9.17, 15) is 0 Å². The minimum atomic E-state index is 0.0333. The molecule has 0 bridgehead atoms. The van der Waals surface area contributed by atoms with Crippen molar-refractivity contribution in [1.29, 1.82) is 0 Å². The van der Waals surface area contributed by atoms with E-state index in [0.717, 1.165) is 28.9 Å². The lowest BCUT2D eigenvalue weighted by Crippen LogP contribution is -2.28. The summed E-state index contributed by atoms with van der Waals surface area (Å²) in [4.78, 5) is 0. The molecule has 0 saturated carbocycles. The van der Waals surface area contributed by atoms with Crippen molar-refractivity contribution >= 4 is 34.3 Å². The molecule has 0 aliphatic heterocycles. The van der Waals surface area contributed by atoms with E-state index in [1.807, 2.05) is 24.3 Å². The number of benzene rings is 1. The second kappa shape index (κ2) is 5.78. The van der Waals surface area contributed by atoms with Gasteiger partial charge in [-0.05, 0) is 30.6 Å². The van der Waals surface area contributed by atoms with Crippen molar-refractivity contribution in [2.75, 3.05) is 12.0 Å². The molecular weight excluding hydrogens is 256 g/mol. The number of thioether (sulfide) groups is 1. The van der Waals surface area contributed by atoms with Gasteiger partial charge in [0.05, 0.1) is 11.1 Å². The Balaban J connectivity index is 2.31. The van der Waals surface area contributed by atoms with Crippen LogP contribution in [-0.2, 0) is 0 Å². The monoisotopic (exact) mass is 270 g/mol. The largest absolute Gasteiger partial charge is 0.458 e. The number of hydrazine groups is 1. The third kappa shape index (κ3) is 2.77. The van der Waals surface area contributed by atoms with Crippen LogP contribution in [-0.4, -0.2) is 12.0 Å². The van der Waals surface area contributed by atoms with Crippen molar-refractivity contribution in [3.05, 3.63) is 35.0 Å². The molecule has 2 aromatic rings. The second-order valence-electron chi connectivity index (χ2n) is 3.81. The lowest BCUT2D eigenvalue weighted by molar-refractivity contribution is 0.430. The SMILES string of the molecule is CSCCC(NN)c1cc2cccc(Cl)c2o1. The summed E-state index contributed by atoms with van der Waals surface area (Å²) in [6, 6.07) is 7.74. The van der Waals surface area contributed by atoms with Gasteiger partial charge in [0.1, 0.15) is 5.76 Å². The van der Waals surface area contributed by atoms with E-state index < -0.39 is 0 Å². The molecule has 0 fully saturated rings. The quantitative estimate of drug-likeness (QED) is 0.646. The number of rotatable bonds is 5. The van der Waals surface area contributed by atoms with Gasteiger partial charge in [-0.2, -0.15) is 11.8 Å². The first-order chi connectivity index (χ1) is 8.26. The van der Waals surface area contributed by atoms with E-state index >= 15 is 0 Å². The van der Waals surface area contributed by atoms with Crippen molar-refractivity contribution < 1.29 is 4.42 Å². The molecule has 5 heteroatoms. The number of halogens is 1. The van der Waals surface area contributed by atoms with Gasteiger partial charge in [-0.1, -0.05) is 23.7 Å². The molecule has 3 nitrogen and oxygen atoms in total. The van der Waals surface area contributed by atoms with Crippen molar-refractivity contribution in [1.82, 2.24) is 5.43 Å². The zero-order valence-corrected chi connectivity index (χ0v) is 11.1. The van der Waals surface area contributed by atoms with Crippen LogP contribution in [0.2, 0.25) is 5.02 Å². The molecule has 2 rings (SSSR count). The van der Waals surface area contributed by atoms with Crippen molar-refractivity contribution in [2.45, 2.75) is 12.5 Å². The highest BCUT2D eigenvalue weighted by Gasteiger charge is 2.15. The highest BCUT2D eigenvalue weighted by atomic mass is 35.5. The molecule has 1 aromatic carbocycles. The van der Waals surface area contributed by atoms with E-state index in [1.165, 1.54) is 0 Å². The summed E-state index contributed by atoms with van der Waals surface area (Å²) in [5, 5.41) is 1.64. The molecule has 17 heavy (non-hydrogen) atoms. The lowest BCUT2D eigenvalue weighted by atomic mass is 10.1. The predicted molar refractivity (Wildman–Crippen MR) is 74.3 cm³/mol. The summed E-state index contributed by atoms with van der Waals surface area (Å²) in [6.45, 7) is 0. The molecule has 0 spiro atoms.